The molecule has 0 spiro atoms. The Morgan fingerprint density at radius 1 is 1.50 bits per heavy atom. The summed E-state index contributed by atoms with van der Waals surface area (Å²) in [6.07, 6.45) is 3.81. The minimum absolute atomic E-state index is 0.0862. The number of rotatable bonds is 4. The predicted molar refractivity (Wildman–Crippen MR) is 55.9 cm³/mol. The van der Waals surface area contributed by atoms with Crippen LogP contribution in [0.4, 0.5) is 0 Å². The van der Waals surface area contributed by atoms with Crippen LogP contribution in [0.1, 0.15) is 39.5 Å². The van der Waals surface area contributed by atoms with Crippen LogP contribution in [0.15, 0.2) is 0 Å². The first kappa shape index (κ1) is 11.5. The molecule has 1 atom stereocenters. The highest BCUT2D eigenvalue weighted by molar-refractivity contribution is 5.79. The smallest absolute Gasteiger partial charge is 0.225 e. The van der Waals surface area contributed by atoms with Crippen molar-refractivity contribution in [1.29, 1.82) is 0 Å². The third-order valence-electron chi connectivity index (χ3n) is 3.21. The van der Waals surface area contributed by atoms with Gasteiger partial charge >= 0.3 is 0 Å². The molecule has 14 heavy (non-hydrogen) atoms. The molecule has 0 aromatic carbocycles. The van der Waals surface area contributed by atoms with Crippen molar-refractivity contribution in [2.45, 2.75) is 45.6 Å². The number of nitrogens with zero attached hydrogens (tertiary/aromatic N) is 1. The molecule has 1 rings (SSSR count). The Kier molecular flexibility index (Phi) is 4.39. The van der Waals surface area contributed by atoms with E-state index in [1.165, 1.54) is 0 Å². The van der Waals surface area contributed by atoms with E-state index < -0.39 is 0 Å². The van der Waals surface area contributed by atoms with E-state index in [0.717, 1.165) is 32.2 Å². The van der Waals surface area contributed by atoms with E-state index in [1.807, 2.05) is 4.90 Å². The van der Waals surface area contributed by atoms with Crippen molar-refractivity contribution in [3.8, 4) is 0 Å². The maximum atomic E-state index is 12.0. The monoisotopic (exact) mass is 199 g/mol. The van der Waals surface area contributed by atoms with Gasteiger partial charge in [0.15, 0.2) is 0 Å². The maximum Gasteiger partial charge on any atom is 0.225 e. The third kappa shape index (κ3) is 2.27. The van der Waals surface area contributed by atoms with Gasteiger partial charge in [-0.3, -0.25) is 4.79 Å². The SMILES string of the molecule is CCC(CC)C(=O)N1CCCC1CO. The number of hydrogen-bond donors (Lipinski definition) is 1. The first-order valence-corrected chi connectivity index (χ1v) is 5.65. The molecule has 0 bridgehead atoms. The van der Waals surface area contributed by atoms with Gasteiger partial charge in [-0.25, -0.2) is 0 Å². The van der Waals surface area contributed by atoms with E-state index in [4.69, 9.17) is 5.11 Å². The van der Waals surface area contributed by atoms with E-state index >= 15 is 0 Å². The molecular weight excluding hydrogens is 178 g/mol. The lowest BCUT2D eigenvalue weighted by Crippen LogP contribution is -2.41. The first-order valence-electron chi connectivity index (χ1n) is 5.65. The lowest BCUT2D eigenvalue weighted by Gasteiger charge is -2.26. The number of amides is 1. The van der Waals surface area contributed by atoms with Crippen LogP contribution in [0.5, 0.6) is 0 Å². The molecule has 1 saturated heterocycles. The van der Waals surface area contributed by atoms with Gasteiger partial charge in [0.1, 0.15) is 0 Å². The molecule has 1 amide bonds. The molecule has 1 heterocycles. The Labute approximate surface area is 86.1 Å². The highest BCUT2D eigenvalue weighted by Gasteiger charge is 2.30. The zero-order chi connectivity index (χ0) is 10.6. The number of likely N-dealkylation sites (tertiary alicyclic amines) is 1. The van der Waals surface area contributed by atoms with Gasteiger partial charge in [-0.1, -0.05) is 13.8 Å². The van der Waals surface area contributed by atoms with Crippen LogP contribution in [0.2, 0.25) is 0 Å². The fourth-order valence-electron chi connectivity index (χ4n) is 2.19. The third-order valence-corrected chi connectivity index (χ3v) is 3.21. The highest BCUT2D eigenvalue weighted by atomic mass is 16.3. The lowest BCUT2D eigenvalue weighted by molar-refractivity contribution is -0.137. The second kappa shape index (κ2) is 5.35. The lowest BCUT2D eigenvalue weighted by atomic mass is 10.0. The summed E-state index contributed by atoms with van der Waals surface area (Å²) in [5.41, 5.74) is 0. The van der Waals surface area contributed by atoms with Gasteiger partial charge in [0, 0.05) is 12.5 Å². The molecule has 0 aromatic rings. The van der Waals surface area contributed by atoms with Gasteiger partial charge in [0.05, 0.1) is 12.6 Å². The molecule has 82 valence electrons. The fourth-order valence-corrected chi connectivity index (χ4v) is 2.19. The molecule has 0 radical (unpaired) electrons. The van der Waals surface area contributed by atoms with E-state index in [9.17, 15) is 4.79 Å². The minimum Gasteiger partial charge on any atom is -0.394 e. The number of carbonyl (C=O) groups is 1. The van der Waals surface area contributed by atoms with Crippen LogP contribution in [0.25, 0.3) is 0 Å². The summed E-state index contributed by atoms with van der Waals surface area (Å²) >= 11 is 0. The van der Waals surface area contributed by atoms with Crippen molar-refractivity contribution in [2.24, 2.45) is 5.92 Å². The summed E-state index contributed by atoms with van der Waals surface area (Å²) in [6.45, 7) is 5.05. The second-order valence-corrected chi connectivity index (χ2v) is 4.02. The Morgan fingerprint density at radius 2 is 2.14 bits per heavy atom. The Bertz CT molecular complexity index is 190. The first-order chi connectivity index (χ1) is 6.74. The average molecular weight is 199 g/mol. The molecule has 0 aromatic heterocycles. The summed E-state index contributed by atoms with van der Waals surface area (Å²) in [6, 6.07) is 0.0862. The van der Waals surface area contributed by atoms with E-state index in [2.05, 4.69) is 13.8 Å². The van der Waals surface area contributed by atoms with E-state index in [0.29, 0.717) is 0 Å². The quantitative estimate of drug-likeness (QED) is 0.743. The standard InChI is InChI=1S/C11H21NO2/c1-3-9(4-2)11(14)12-7-5-6-10(12)8-13/h9-10,13H,3-8H2,1-2H3. The van der Waals surface area contributed by atoms with Gasteiger partial charge in [0.2, 0.25) is 5.91 Å². The summed E-state index contributed by atoms with van der Waals surface area (Å²) in [5.74, 6) is 0.397. The van der Waals surface area contributed by atoms with E-state index in [-0.39, 0.29) is 24.5 Å². The number of aliphatic hydroxyl groups excluding tert-OH is 1. The molecular formula is C11H21NO2. The molecule has 1 unspecified atom stereocenters. The van der Waals surface area contributed by atoms with E-state index in [1.54, 1.807) is 0 Å². The number of carbonyl (C=O) groups excluding carboxylic acids is 1. The van der Waals surface area contributed by atoms with Gasteiger partial charge in [-0.15, -0.1) is 0 Å². The molecule has 1 fully saturated rings. The summed E-state index contributed by atoms with van der Waals surface area (Å²) < 4.78 is 0. The molecule has 3 nitrogen and oxygen atoms in total. The van der Waals surface area contributed by atoms with Crippen molar-refractivity contribution in [1.82, 2.24) is 4.90 Å². The van der Waals surface area contributed by atoms with Crippen molar-refractivity contribution in [3.63, 3.8) is 0 Å². The topological polar surface area (TPSA) is 40.5 Å². The Morgan fingerprint density at radius 3 is 2.64 bits per heavy atom. The fraction of sp³-hybridized carbons (Fsp3) is 0.909. The number of hydrogen-bond acceptors (Lipinski definition) is 2. The molecule has 0 saturated carbocycles. The van der Waals surface area contributed by atoms with Crippen molar-refractivity contribution in [2.75, 3.05) is 13.2 Å². The van der Waals surface area contributed by atoms with Crippen LogP contribution in [-0.4, -0.2) is 35.1 Å². The Balaban J connectivity index is 2.58. The normalized spacial score (nSPS) is 22.0. The molecule has 1 N–H and O–H groups in total. The van der Waals surface area contributed by atoms with Gasteiger partial charge in [0.25, 0.3) is 0 Å². The average Bonchev–Trinajstić information content (AvgIpc) is 2.67. The van der Waals surface area contributed by atoms with Crippen LogP contribution in [0, 0.1) is 5.92 Å². The molecule has 1 aliphatic heterocycles. The second-order valence-electron chi connectivity index (χ2n) is 4.02. The summed E-state index contributed by atoms with van der Waals surface area (Å²) in [5, 5.41) is 9.12. The van der Waals surface area contributed by atoms with Crippen LogP contribution in [-0.2, 0) is 4.79 Å². The van der Waals surface area contributed by atoms with Crippen LogP contribution < -0.4 is 0 Å². The Hall–Kier alpha value is -0.570. The van der Waals surface area contributed by atoms with Crippen molar-refractivity contribution in [3.05, 3.63) is 0 Å². The minimum atomic E-state index is 0.0862. The van der Waals surface area contributed by atoms with Crippen molar-refractivity contribution >= 4 is 5.91 Å². The summed E-state index contributed by atoms with van der Waals surface area (Å²) in [4.78, 5) is 13.9. The van der Waals surface area contributed by atoms with Crippen molar-refractivity contribution < 1.29 is 9.90 Å². The zero-order valence-electron chi connectivity index (χ0n) is 9.20. The maximum absolute atomic E-state index is 12.0. The molecule has 3 heteroatoms. The van der Waals surface area contributed by atoms with Crippen LogP contribution in [0.3, 0.4) is 0 Å². The van der Waals surface area contributed by atoms with Gasteiger partial charge in [-0.2, -0.15) is 0 Å². The van der Waals surface area contributed by atoms with Gasteiger partial charge in [-0.05, 0) is 25.7 Å². The predicted octanol–water partition coefficient (Wildman–Crippen LogP) is 1.41. The molecule has 0 aliphatic carbocycles. The zero-order valence-corrected chi connectivity index (χ0v) is 9.20. The summed E-state index contributed by atoms with van der Waals surface area (Å²) in [7, 11) is 0. The van der Waals surface area contributed by atoms with Crippen LogP contribution >= 0.6 is 0 Å². The highest BCUT2D eigenvalue weighted by Crippen LogP contribution is 2.21. The largest absolute Gasteiger partial charge is 0.394 e. The number of aliphatic hydroxyl groups is 1. The molecule has 1 aliphatic rings. The van der Waals surface area contributed by atoms with Gasteiger partial charge < -0.3 is 10.0 Å².